The van der Waals surface area contributed by atoms with Crippen molar-refractivity contribution in [2.45, 2.75) is 70.4 Å². The summed E-state index contributed by atoms with van der Waals surface area (Å²) in [4.78, 5) is 42.2. The second-order valence-corrected chi connectivity index (χ2v) is 10.5. The molecular weight excluding hydrogens is 440 g/mol. The number of carboxylic acids is 1. The third-order valence-corrected chi connectivity index (χ3v) is 8.50. The van der Waals surface area contributed by atoms with E-state index in [1.54, 1.807) is 12.1 Å². The van der Waals surface area contributed by atoms with Crippen LogP contribution in [0.2, 0.25) is 0 Å². The number of nitrogens with one attached hydrogen (secondary N) is 1. The first-order chi connectivity index (χ1) is 16.9. The van der Waals surface area contributed by atoms with Gasteiger partial charge in [-0.3, -0.25) is 19.7 Å². The number of fused-ring (bicyclic) bond motifs is 1. The highest BCUT2D eigenvalue weighted by molar-refractivity contribution is 6.24. The Bertz CT molecular complexity index is 1140. The van der Waals surface area contributed by atoms with Gasteiger partial charge in [0.1, 0.15) is 5.54 Å². The Morgan fingerprint density at radius 1 is 1.03 bits per heavy atom. The largest absolute Gasteiger partial charge is 0.480 e. The Morgan fingerprint density at radius 3 is 2.34 bits per heavy atom. The summed E-state index contributed by atoms with van der Waals surface area (Å²) in [5.41, 5.74) is 2.04. The normalized spacial score (nSPS) is 29.0. The van der Waals surface area contributed by atoms with E-state index in [1.165, 1.54) is 11.3 Å². The molecule has 2 heterocycles. The molecule has 2 N–H and O–H groups in total. The van der Waals surface area contributed by atoms with Gasteiger partial charge in [-0.05, 0) is 54.5 Å². The van der Waals surface area contributed by atoms with Gasteiger partial charge in [-0.15, -0.1) is 0 Å². The Kier molecular flexibility index (Phi) is 6.26. The lowest BCUT2D eigenvalue weighted by molar-refractivity contribution is -0.150. The fraction of sp³-hybridized carbons (Fsp3) is 0.483. The van der Waals surface area contributed by atoms with E-state index in [1.807, 2.05) is 43.3 Å². The van der Waals surface area contributed by atoms with E-state index < -0.39 is 35.3 Å². The highest BCUT2D eigenvalue weighted by atomic mass is 16.4. The number of carbonyl (C=O) groups is 3. The number of imide groups is 1. The number of nitrogens with zero attached hydrogens (tertiary/aromatic N) is 1. The van der Waals surface area contributed by atoms with Crippen LogP contribution in [0, 0.1) is 24.7 Å². The third-order valence-electron chi connectivity index (χ3n) is 8.50. The number of aryl methyl sites for hydroxylation is 2. The summed E-state index contributed by atoms with van der Waals surface area (Å²) in [6.07, 6.45) is 6.49. The first-order valence-corrected chi connectivity index (χ1v) is 12.9. The number of benzene rings is 2. The van der Waals surface area contributed by atoms with E-state index in [4.69, 9.17) is 0 Å². The molecule has 0 radical (unpaired) electrons. The van der Waals surface area contributed by atoms with Gasteiger partial charge in [0, 0.05) is 6.04 Å². The van der Waals surface area contributed by atoms with Gasteiger partial charge in [-0.1, -0.05) is 75.4 Å². The van der Waals surface area contributed by atoms with Crippen LogP contribution in [0.3, 0.4) is 0 Å². The molecule has 5 rings (SSSR count). The van der Waals surface area contributed by atoms with Gasteiger partial charge in [-0.2, -0.15) is 0 Å². The summed E-state index contributed by atoms with van der Waals surface area (Å²) in [6.45, 7) is 4.02. The van der Waals surface area contributed by atoms with Gasteiger partial charge in [0.2, 0.25) is 11.8 Å². The van der Waals surface area contributed by atoms with E-state index >= 15 is 0 Å². The lowest BCUT2D eigenvalue weighted by Crippen LogP contribution is -2.57. The zero-order chi connectivity index (χ0) is 24.7. The first-order valence-electron chi connectivity index (χ1n) is 12.9. The van der Waals surface area contributed by atoms with Crippen LogP contribution in [-0.2, 0) is 20.8 Å². The smallest absolute Gasteiger partial charge is 0.324 e. The van der Waals surface area contributed by atoms with Crippen LogP contribution in [-0.4, -0.2) is 28.4 Å². The number of hydrogen-bond donors (Lipinski definition) is 2. The lowest BCUT2D eigenvalue weighted by Gasteiger charge is -2.35. The third kappa shape index (κ3) is 3.88. The fourth-order valence-corrected chi connectivity index (χ4v) is 6.66. The lowest BCUT2D eigenvalue weighted by atomic mass is 9.72. The number of hydrogen-bond acceptors (Lipinski definition) is 4. The van der Waals surface area contributed by atoms with Crippen molar-refractivity contribution < 1.29 is 19.5 Å². The fourth-order valence-electron chi connectivity index (χ4n) is 6.66. The quantitative estimate of drug-likeness (QED) is 0.587. The summed E-state index contributed by atoms with van der Waals surface area (Å²) in [6, 6.07) is 14.7. The predicted octanol–water partition coefficient (Wildman–Crippen LogP) is 4.80. The second kappa shape index (κ2) is 9.23. The Morgan fingerprint density at radius 2 is 1.71 bits per heavy atom. The topological polar surface area (TPSA) is 86.7 Å². The summed E-state index contributed by atoms with van der Waals surface area (Å²) < 4.78 is 0. The van der Waals surface area contributed by atoms with Gasteiger partial charge in [-0.25, -0.2) is 4.90 Å². The Labute approximate surface area is 206 Å². The molecule has 2 saturated heterocycles. The Hall–Kier alpha value is -2.99. The number of amides is 2. The second-order valence-electron chi connectivity index (χ2n) is 10.5. The van der Waals surface area contributed by atoms with E-state index in [2.05, 4.69) is 12.2 Å². The van der Waals surface area contributed by atoms with Crippen LogP contribution in [0.15, 0.2) is 48.5 Å². The molecule has 2 amide bonds. The highest BCUT2D eigenvalue weighted by Gasteiger charge is 2.69. The van der Waals surface area contributed by atoms with Crippen molar-refractivity contribution in [2.75, 3.05) is 4.90 Å². The average molecular weight is 475 g/mol. The number of carboxylic acid groups (broad SMARTS) is 1. The van der Waals surface area contributed by atoms with E-state index in [-0.39, 0.29) is 11.8 Å². The summed E-state index contributed by atoms with van der Waals surface area (Å²) in [5.74, 6) is -3.20. The molecule has 0 aromatic heterocycles. The van der Waals surface area contributed by atoms with Crippen molar-refractivity contribution in [3.05, 3.63) is 65.2 Å². The molecule has 1 aliphatic carbocycles. The molecule has 4 atom stereocenters. The van der Waals surface area contributed by atoms with E-state index in [9.17, 15) is 19.5 Å². The van der Waals surface area contributed by atoms with Crippen LogP contribution in [0.5, 0.6) is 0 Å². The zero-order valence-corrected chi connectivity index (χ0v) is 20.5. The maximum absolute atomic E-state index is 14.0. The number of anilines is 1. The van der Waals surface area contributed by atoms with Crippen LogP contribution < -0.4 is 10.2 Å². The van der Waals surface area contributed by atoms with Crippen LogP contribution in [0.25, 0.3) is 0 Å². The minimum atomic E-state index is -1.47. The molecule has 6 nitrogen and oxygen atoms in total. The van der Waals surface area contributed by atoms with Crippen molar-refractivity contribution in [1.82, 2.24) is 5.32 Å². The van der Waals surface area contributed by atoms with Crippen molar-refractivity contribution in [2.24, 2.45) is 17.8 Å². The first kappa shape index (κ1) is 23.7. The van der Waals surface area contributed by atoms with E-state index in [0.717, 1.165) is 48.8 Å². The average Bonchev–Trinajstić information content (AvgIpc) is 3.34. The van der Waals surface area contributed by atoms with Gasteiger partial charge < -0.3 is 5.11 Å². The number of aliphatic carboxylic acids is 1. The maximum Gasteiger partial charge on any atom is 0.324 e. The van der Waals surface area contributed by atoms with Crippen LogP contribution >= 0.6 is 0 Å². The van der Waals surface area contributed by atoms with Crippen LogP contribution in [0.4, 0.5) is 5.69 Å². The van der Waals surface area contributed by atoms with Gasteiger partial charge >= 0.3 is 5.97 Å². The maximum atomic E-state index is 14.0. The molecule has 4 unspecified atom stereocenters. The molecule has 184 valence electrons. The zero-order valence-electron chi connectivity index (χ0n) is 20.5. The molecule has 2 aromatic carbocycles. The molecule has 6 heteroatoms. The summed E-state index contributed by atoms with van der Waals surface area (Å²) in [7, 11) is 0. The van der Waals surface area contributed by atoms with Gasteiger partial charge in [0.25, 0.3) is 0 Å². The molecule has 2 aromatic rings. The molecule has 0 bridgehead atoms. The van der Waals surface area contributed by atoms with E-state index in [0.29, 0.717) is 12.1 Å². The number of rotatable bonds is 6. The highest BCUT2D eigenvalue weighted by Crippen LogP contribution is 2.53. The summed E-state index contributed by atoms with van der Waals surface area (Å²) in [5, 5.41) is 14.1. The minimum absolute atomic E-state index is 0.226. The van der Waals surface area contributed by atoms with Crippen molar-refractivity contribution in [3.63, 3.8) is 0 Å². The Balaban J connectivity index is 1.61. The van der Waals surface area contributed by atoms with Crippen molar-refractivity contribution >= 4 is 23.5 Å². The minimum Gasteiger partial charge on any atom is -0.480 e. The van der Waals surface area contributed by atoms with Crippen molar-refractivity contribution in [1.29, 1.82) is 0 Å². The molecule has 3 aliphatic rings. The van der Waals surface area contributed by atoms with Crippen LogP contribution in [0.1, 0.15) is 68.2 Å². The summed E-state index contributed by atoms with van der Waals surface area (Å²) >= 11 is 0. The molecule has 1 saturated carbocycles. The molecule has 3 fully saturated rings. The van der Waals surface area contributed by atoms with Crippen molar-refractivity contribution in [3.8, 4) is 0 Å². The molecule has 35 heavy (non-hydrogen) atoms. The SMILES string of the molecule is CCc1ccc(N2C(=O)C3C(c4ccccc4C)NC(CC4CCCCC4)(C(=O)O)C3C2=O)cc1. The predicted molar refractivity (Wildman–Crippen MR) is 134 cm³/mol. The van der Waals surface area contributed by atoms with Gasteiger partial charge in [0.15, 0.2) is 0 Å². The molecule has 0 spiro atoms. The molecule has 2 aliphatic heterocycles. The molecular formula is C29H34N2O4. The van der Waals surface area contributed by atoms with Gasteiger partial charge in [0.05, 0.1) is 17.5 Å². The standard InChI is InChI=1S/C29H34N2O4/c1-3-19-13-15-21(16-14-19)31-26(32)23-24(27(31)33)29(28(34)35,17-20-10-5-4-6-11-20)30-25(23)22-12-8-7-9-18(22)2/h7-9,12-16,20,23-25,30H,3-6,10-11,17H2,1-2H3,(H,34,35). The monoisotopic (exact) mass is 474 g/mol. The number of carbonyl (C=O) groups excluding carboxylic acids is 2.